The first-order valence-electron chi connectivity index (χ1n) is 5.79. The Labute approximate surface area is 96.6 Å². The summed E-state index contributed by atoms with van der Waals surface area (Å²) in [6.07, 6.45) is 7.82. The second-order valence-electron chi connectivity index (χ2n) is 4.88. The zero-order valence-corrected chi connectivity index (χ0v) is 10.2. The fraction of sp³-hybridized carbons (Fsp3) is 0.750. The molecular weight excluding hydrogens is 208 g/mol. The van der Waals surface area contributed by atoms with Gasteiger partial charge in [-0.25, -0.2) is 0 Å². The highest BCUT2D eigenvalue weighted by Gasteiger charge is 2.25. The first kappa shape index (κ1) is 11.0. The van der Waals surface area contributed by atoms with Gasteiger partial charge in [-0.05, 0) is 31.1 Å². The van der Waals surface area contributed by atoms with Crippen LogP contribution in [-0.2, 0) is 5.88 Å². The molecule has 1 aliphatic rings. The summed E-state index contributed by atoms with van der Waals surface area (Å²) in [4.78, 5) is 0. The van der Waals surface area contributed by atoms with Crippen molar-refractivity contribution in [2.45, 2.75) is 45.0 Å². The van der Waals surface area contributed by atoms with Gasteiger partial charge in [0.15, 0.2) is 0 Å². The molecule has 0 radical (unpaired) electrons. The van der Waals surface area contributed by atoms with Gasteiger partial charge in [-0.1, -0.05) is 13.8 Å². The third-order valence-corrected chi connectivity index (χ3v) is 4.06. The minimum Gasteiger partial charge on any atom is -0.269 e. The Morgan fingerprint density at radius 2 is 2.20 bits per heavy atom. The maximum atomic E-state index is 5.78. The van der Waals surface area contributed by atoms with Crippen molar-refractivity contribution in [1.82, 2.24) is 9.78 Å². The van der Waals surface area contributed by atoms with E-state index in [1.165, 1.54) is 19.3 Å². The number of nitrogens with zero attached hydrogens (tertiary/aromatic N) is 2. The van der Waals surface area contributed by atoms with Gasteiger partial charge in [-0.3, -0.25) is 4.68 Å². The lowest BCUT2D eigenvalue weighted by Gasteiger charge is -2.32. The van der Waals surface area contributed by atoms with Gasteiger partial charge >= 0.3 is 0 Å². The van der Waals surface area contributed by atoms with E-state index < -0.39 is 0 Å². The fourth-order valence-corrected chi connectivity index (χ4v) is 2.54. The molecule has 1 aromatic rings. The number of rotatable bonds is 2. The number of aromatic nitrogens is 2. The molecule has 0 bridgehead atoms. The highest BCUT2D eigenvalue weighted by atomic mass is 35.5. The molecular formula is C12H19ClN2. The van der Waals surface area contributed by atoms with Gasteiger partial charge in [-0.2, -0.15) is 5.10 Å². The van der Waals surface area contributed by atoms with Crippen LogP contribution in [0.3, 0.4) is 0 Å². The molecule has 1 aromatic heterocycles. The maximum Gasteiger partial charge on any atom is 0.0534 e. The maximum absolute atomic E-state index is 5.78. The Hall–Kier alpha value is -0.500. The van der Waals surface area contributed by atoms with Crippen LogP contribution in [0.5, 0.6) is 0 Å². The smallest absolute Gasteiger partial charge is 0.0534 e. The van der Waals surface area contributed by atoms with Gasteiger partial charge in [0.25, 0.3) is 0 Å². The SMILES string of the molecule is CC1CCC(n2cc(CCl)cn2)CC1C. The van der Waals surface area contributed by atoms with Crippen molar-refractivity contribution in [1.29, 1.82) is 0 Å². The minimum atomic E-state index is 0.568. The van der Waals surface area contributed by atoms with E-state index in [0.717, 1.165) is 17.4 Å². The van der Waals surface area contributed by atoms with Gasteiger partial charge in [0, 0.05) is 11.8 Å². The molecule has 3 unspecified atom stereocenters. The van der Waals surface area contributed by atoms with Crippen LogP contribution in [0, 0.1) is 11.8 Å². The molecule has 1 fully saturated rings. The molecule has 2 rings (SSSR count). The molecule has 3 atom stereocenters. The van der Waals surface area contributed by atoms with E-state index in [-0.39, 0.29) is 0 Å². The van der Waals surface area contributed by atoms with Crippen molar-refractivity contribution in [2.24, 2.45) is 11.8 Å². The second kappa shape index (κ2) is 4.56. The minimum absolute atomic E-state index is 0.568. The summed E-state index contributed by atoms with van der Waals surface area (Å²) < 4.78 is 2.11. The Morgan fingerprint density at radius 1 is 1.40 bits per heavy atom. The second-order valence-corrected chi connectivity index (χ2v) is 5.15. The van der Waals surface area contributed by atoms with Crippen molar-refractivity contribution in [3.63, 3.8) is 0 Å². The van der Waals surface area contributed by atoms with E-state index in [2.05, 4.69) is 29.8 Å². The number of hydrogen-bond donors (Lipinski definition) is 0. The van der Waals surface area contributed by atoms with Gasteiger partial charge in [0.05, 0.1) is 18.1 Å². The molecule has 0 spiro atoms. The zero-order chi connectivity index (χ0) is 10.8. The summed E-state index contributed by atoms with van der Waals surface area (Å²) in [6.45, 7) is 4.71. The van der Waals surface area contributed by atoms with Gasteiger partial charge in [0.2, 0.25) is 0 Å². The molecule has 15 heavy (non-hydrogen) atoms. The number of halogens is 1. The van der Waals surface area contributed by atoms with Crippen LogP contribution in [-0.4, -0.2) is 9.78 Å². The number of hydrogen-bond acceptors (Lipinski definition) is 1. The van der Waals surface area contributed by atoms with E-state index in [9.17, 15) is 0 Å². The normalized spacial score (nSPS) is 31.8. The molecule has 1 saturated carbocycles. The Bertz CT molecular complexity index is 321. The lowest BCUT2D eigenvalue weighted by molar-refractivity contribution is 0.201. The average Bonchev–Trinajstić information content (AvgIpc) is 2.70. The number of alkyl halides is 1. The van der Waals surface area contributed by atoms with Crippen LogP contribution >= 0.6 is 11.6 Å². The molecule has 1 aliphatic carbocycles. The quantitative estimate of drug-likeness (QED) is 0.705. The predicted molar refractivity (Wildman–Crippen MR) is 63.0 cm³/mol. The largest absolute Gasteiger partial charge is 0.269 e. The topological polar surface area (TPSA) is 17.8 Å². The molecule has 0 saturated heterocycles. The molecule has 84 valence electrons. The first-order chi connectivity index (χ1) is 7.20. The highest BCUT2D eigenvalue weighted by Crippen LogP contribution is 2.35. The Kier molecular flexibility index (Phi) is 3.35. The third-order valence-electron chi connectivity index (χ3n) is 3.75. The average molecular weight is 227 g/mol. The van der Waals surface area contributed by atoms with E-state index in [1.54, 1.807) is 0 Å². The van der Waals surface area contributed by atoms with E-state index in [4.69, 9.17) is 11.6 Å². The van der Waals surface area contributed by atoms with Crippen molar-refractivity contribution in [2.75, 3.05) is 0 Å². The van der Waals surface area contributed by atoms with Crippen LogP contribution in [0.2, 0.25) is 0 Å². The molecule has 0 aliphatic heterocycles. The van der Waals surface area contributed by atoms with Crippen LogP contribution in [0.1, 0.15) is 44.7 Å². The fourth-order valence-electron chi connectivity index (χ4n) is 2.41. The summed E-state index contributed by atoms with van der Waals surface area (Å²) in [6, 6.07) is 0.591. The Morgan fingerprint density at radius 3 is 2.80 bits per heavy atom. The van der Waals surface area contributed by atoms with E-state index in [1.807, 2.05) is 6.20 Å². The van der Waals surface area contributed by atoms with Crippen LogP contribution in [0.15, 0.2) is 12.4 Å². The Balaban J connectivity index is 2.05. The van der Waals surface area contributed by atoms with Crippen LogP contribution < -0.4 is 0 Å². The van der Waals surface area contributed by atoms with Gasteiger partial charge in [-0.15, -0.1) is 11.6 Å². The summed E-state index contributed by atoms with van der Waals surface area (Å²) in [5.41, 5.74) is 1.13. The summed E-state index contributed by atoms with van der Waals surface area (Å²) in [5, 5.41) is 4.40. The summed E-state index contributed by atoms with van der Waals surface area (Å²) in [7, 11) is 0. The van der Waals surface area contributed by atoms with Crippen molar-refractivity contribution >= 4 is 11.6 Å². The van der Waals surface area contributed by atoms with Crippen LogP contribution in [0.25, 0.3) is 0 Å². The van der Waals surface area contributed by atoms with Crippen molar-refractivity contribution < 1.29 is 0 Å². The third kappa shape index (κ3) is 2.36. The molecule has 2 nitrogen and oxygen atoms in total. The standard InChI is InChI=1S/C12H19ClN2/c1-9-3-4-12(5-10(9)2)15-8-11(6-13)7-14-15/h7-10,12H,3-6H2,1-2H3. The summed E-state index contributed by atoms with van der Waals surface area (Å²) in [5.74, 6) is 2.25. The molecule has 0 amide bonds. The van der Waals surface area contributed by atoms with Gasteiger partial charge < -0.3 is 0 Å². The lowest BCUT2D eigenvalue weighted by atomic mass is 9.79. The molecule has 0 aromatic carbocycles. The van der Waals surface area contributed by atoms with Crippen molar-refractivity contribution in [3.05, 3.63) is 18.0 Å². The van der Waals surface area contributed by atoms with E-state index in [0.29, 0.717) is 11.9 Å². The van der Waals surface area contributed by atoms with Crippen molar-refractivity contribution in [3.8, 4) is 0 Å². The zero-order valence-electron chi connectivity index (χ0n) is 9.49. The molecule has 1 heterocycles. The molecule has 0 N–H and O–H groups in total. The molecule has 3 heteroatoms. The monoisotopic (exact) mass is 226 g/mol. The predicted octanol–water partition coefficient (Wildman–Crippen LogP) is 3.62. The summed E-state index contributed by atoms with van der Waals surface area (Å²) >= 11 is 5.78. The first-order valence-corrected chi connectivity index (χ1v) is 6.33. The lowest BCUT2D eigenvalue weighted by Crippen LogP contribution is -2.23. The van der Waals surface area contributed by atoms with Crippen LogP contribution in [0.4, 0.5) is 0 Å². The van der Waals surface area contributed by atoms with Gasteiger partial charge in [0.1, 0.15) is 0 Å². The van der Waals surface area contributed by atoms with E-state index >= 15 is 0 Å². The highest BCUT2D eigenvalue weighted by molar-refractivity contribution is 6.17.